The van der Waals surface area contributed by atoms with E-state index in [4.69, 9.17) is 10.2 Å². The maximum absolute atomic E-state index is 8.70. The predicted octanol–water partition coefficient (Wildman–Crippen LogP) is 5.95. The second-order valence-corrected chi connectivity index (χ2v) is 6.88. The number of aromatic nitrogens is 1. The first-order valence-corrected chi connectivity index (χ1v) is 9.38. The zero-order chi connectivity index (χ0) is 19.2. The zero-order valence-corrected chi connectivity index (χ0v) is 15.5. The highest BCUT2D eigenvalue weighted by molar-refractivity contribution is 5.78. The summed E-state index contributed by atoms with van der Waals surface area (Å²) in [6.07, 6.45) is 5.04. The summed E-state index contributed by atoms with van der Waals surface area (Å²) < 4.78 is 0. The molecule has 1 heterocycles. The van der Waals surface area contributed by atoms with Crippen LogP contribution in [0.25, 0.3) is 17.0 Å². The number of para-hydroxylation sites is 1. The van der Waals surface area contributed by atoms with Crippen LogP contribution in [0.4, 0.5) is 0 Å². The summed E-state index contributed by atoms with van der Waals surface area (Å²) in [6, 6.07) is 31.5. The fourth-order valence-electron chi connectivity index (χ4n) is 3.44. The molecule has 2 nitrogen and oxygen atoms in total. The number of benzene rings is 3. The van der Waals surface area contributed by atoms with Crippen LogP contribution < -0.4 is 0 Å². The molecule has 28 heavy (non-hydrogen) atoms. The summed E-state index contributed by atoms with van der Waals surface area (Å²) in [5.41, 5.74) is 6.95. The average molecular weight is 360 g/mol. The van der Waals surface area contributed by atoms with E-state index in [9.17, 15) is 0 Å². The third-order valence-corrected chi connectivity index (χ3v) is 4.74. The molecule has 0 aliphatic carbocycles. The van der Waals surface area contributed by atoms with E-state index < -0.39 is 0 Å². The van der Waals surface area contributed by atoms with Crippen molar-refractivity contribution in [3.8, 4) is 6.07 Å². The fraction of sp³-hybridized carbons (Fsp3) is 0.0769. The van der Waals surface area contributed by atoms with Crippen molar-refractivity contribution >= 4 is 17.0 Å². The third-order valence-electron chi connectivity index (χ3n) is 4.74. The van der Waals surface area contributed by atoms with E-state index in [1.54, 1.807) is 0 Å². The molecular formula is C26H20N2. The molecule has 134 valence electrons. The van der Waals surface area contributed by atoms with E-state index >= 15 is 0 Å². The van der Waals surface area contributed by atoms with Crippen molar-refractivity contribution in [2.24, 2.45) is 0 Å². The molecule has 0 N–H and O–H groups in total. The Bertz CT molecular complexity index is 1180. The highest BCUT2D eigenvalue weighted by Gasteiger charge is 2.03. The minimum absolute atomic E-state index is 0.823. The lowest BCUT2D eigenvalue weighted by molar-refractivity contribution is 1.08. The van der Waals surface area contributed by atoms with Crippen molar-refractivity contribution in [3.05, 3.63) is 119 Å². The van der Waals surface area contributed by atoms with Gasteiger partial charge in [0, 0.05) is 23.6 Å². The van der Waals surface area contributed by atoms with Crippen LogP contribution in [0.1, 0.15) is 27.9 Å². The lowest BCUT2D eigenvalue weighted by Crippen LogP contribution is -1.95. The predicted molar refractivity (Wildman–Crippen MR) is 115 cm³/mol. The number of pyridine rings is 1. The van der Waals surface area contributed by atoms with Gasteiger partial charge in [0.2, 0.25) is 0 Å². The van der Waals surface area contributed by atoms with Crippen LogP contribution >= 0.6 is 0 Å². The largest absolute Gasteiger partial charge is 0.252 e. The van der Waals surface area contributed by atoms with E-state index in [-0.39, 0.29) is 0 Å². The van der Waals surface area contributed by atoms with E-state index in [2.05, 4.69) is 60.7 Å². The molecule has 0 aliphatic heterocycles. The molecule has 0 aliphatic rings. The van der Waals surface area contributed by atoms with E-state index in [1.165, 1.54) is 28.2 Å². The fourth-order valence-corrected chi connectivity index (χ4v) is 3.44. The topological polar surface area (TPSA) is 36.7 Å². The lowest BCUT2D eigenvalue weighted by Gasteiger charge is -2.07. The Morgan fingerprint density at radius 2 is 1.50 bits per heavy atom. The van der Waals surface area contributed by atoms with Gasteiger partial charge in [-0.1, -0.05) is 72.8 Å². The summed E-state index contributed by atoms with van der Waals surface area (Å²) in [7, 11) is 0. The van der Waals surface area contributed by atoms with Gasteiger partial charge in [-0.25, -0.2) is 0 Å². The molecule has 0 saturated carbocycles. The van der Waals surface area contributed by atoms with Gasteiger partial charge in [-0.3, -0.25) is 4.98 Å². The Hall–Kier alpha value is -3.70. The number of rotatable bonds is 5. The van der Waals surface area contributed by atoms with E-state index in [0.717, 1.165) is 29.6 Å². The minimum atomic E-state index is 0.823. The van der Waals surface area contributed by atoms with Crippen molar-refractivity contribution in [3.63, 3.8) is 0 Å². The number of fused-ring (bicyclic) bond motifs is 1. The highest BCUT2D eigenvalue weighted by Crippen LogP contribution is 2.17. The first kappa shape index (κ1) is 17.7. The van der Waals surface area contributed by atoms with Crippen LogP contribution in [-0.2, 0) is 12.8 Å². The molecule has 1 aromatic heterocycles. The Morgan fingerprint density at radius 3 is 2.36 bits per heavy atom. The molecule has 4 rings (SSSR count). The summed E-state index contributed by atoms with van der Waals surface area (Å²) in [4.78, 5) is 4.79. The number of nitriles is 1. The first-order chi connectivity index (χ1) is 13.8. The van der Waals surface area contributed by atoms with Crippen molar-refractivity contribution in [1.29, 1.82) is 5.26 Å². The van der Waals surface area contributed by atoms with Crippen LogP contribution in [-0.4, -0.2) is 4.98 Å². The van der Waals surface area contributed by atoms with Gasteiger partial charge in [0.25, 0.3) is 0 Å². The van der Waals surface area contributed by atoms with Gasteiger partial charge in [-0.15, -0.1) is 0 Å². The van der Waals surface area contributed by atoms with Crippen LogP contribution in [0.15, 0.2) is 91.0 Å². The molecule has 3 aromatic carbocycles. The Labute approximate surface area is 165 Å². The van der Waals surface area contributed by atoms with Crippen LogP contribution in [0.3, 0.4) is 0 Å². The van der Waals surface area contributed by atoms with Gasteiger partial charge in [0.1, 0.15) is 0 Å². The summed E-state index contributed by atoms with van der Waals surface area (Å²) in [5.74, 6) is 0. The van der Waals surface area contributed by atoms with Crippen molar-refractivity contribution < 1.29 is 0 Å². The van der Waals surface area contributed by atoms with Gasteiger partial charge in [0.15, 0.2) is 0 Å². The number of nitrogens with zero attached hydrogens (tertiary/aromatic N) is 2. The Balaban J connectivity index is 1.52. The van der Waals surface area contributed by atoms with Gasteiger partial charge in [0.05, 0.1) is 11.6 Å². The maximum Gasteiger partial charge on any atom is 0.0912 e. The Morgan fingerprint density at radius 1 is 0.750 bits per heavy atom. The summed E-state index contributed by atoms with van der Waals surface area (Å²) in [5, 5.41) is 9.87. The molecule has 0 unspecified atom stereocenters. The SMILES string of the molecule is N#CC=Cc1cccc(Cc2cccc(Cc3ccc4ccccc4n3)c2)c1. The standard InChI is InChI=1S/C26H20N2/c27-15-5-10-20-6-3-7-21(16-20)17-22-8-4-9-23(18-22)19-25-14-13-24-11-1-2-12-26(24)28-25/h1-14,16,18H,17,19H2. The second kappa shape index (κ2) is 8.33. The van der Waals surface area contributed by atoms with Crippen molar-refractivity contribution in [2.75, 3.05) is 0 Å². The number of allylic oxidation sites excluding steroid dienone is 1. The van der Waals surface area contributed by atoms with Crippen molar-refractivity contribution in [1.82, 2.24) is 4.98 Å². The molecule has 0 fully saturated rings. The van der Waals surface area contributed by atoms with Crippen LogP contribution in [0.5, 0.6) is 0 Å². The molecule has 2 heteroatoms. The molecular weight excluding hydrogens is 340 g/mol. The van der Waals surface area contributed by atoms with Crippen LogP contribution in [0.2, 0.25) is 0 Å². The van der Waals surface area contributed by atoms with Gasteiger partial charge >= 0.3 is 0 Å². The summed E-state index contributed by atoms with van der Waals surface area (Å²) >= 11 is 0. The van der Waals surface area contributed by atoms with Gasteiger partial charge < -0.3 is 0 Å². The maximum atomic E-state index is 8.70. The van der Waals surface area contributed by atoms with E-state index in [1.807, 2.05) is 36.4 Å². The smallest absolute Gasteiger partial charge is 0.0912 e. The molecule has 0 atom stereocenters. The summed E-state index contributed by atoms with van der Waals surface area (Å²) in [6.45, 7) is 0. The monoisotopic (exact) mass is 360 g/mol. The highest BCUT2D eigenvalue weighted by atomic mass is 14.7. The lowest BCUT2D eigenvalue weighted by atomic mass is 9.99. The second-order valence-electron chi connectivity index (χ2n) is 6.88. The molecule has 4 aromatic rings. The molecule has 0 radical (unpaired) electrons. The zero-order valence-electron chi connectivity index (χ0n) is 15.5. The van der Waals surface area contributed by atoms with Gasteiger partial charge in [-0.05, 0) is 46.9 Å². The average Bonchev–Trinajstić information content (AvgIpc) is 2.73. The van der Waals surface area contributed by atoms with Gasteiger partial charge in [-0.2, -0.15) is 5.26 Å². The van der Waals surface area contributed by atoms with E-state index in [0.29, 0.717) is 0 Å². The molecule has 0 bridgehead atoms. The van der Waals surface area contributed by atoms with Crippen LogP contribution in [0, 0.1) is 11.3 Å². The molecule has 0 amide bonds. The minimum Gasteiger partial charge on any atom is -0.252 e. The number of hydrogen-bond acceptors (Lipinski definition) is 2. The molecule has 0 saturated heterocycles. The van der Waals surface area contributed by atoms with Crippen molar-refractivity contribution in [2.45, 2.75) is 12.8 Å². The number of hydrogen-bond donors (Lipinski definition) is 0. The third kappa shape index (κ3) is 4.34. The quantitative estimate of drug-likeness (QED) is 0.412. The molecule has 0 spiro atoms. The Kier molecular flexibility index (Phi) is 5.26. The normalized spacial score (nSPS) is 11.0. The first-order valence-electron chi connectivity index (χ1n) is 9.38.